The van der Waals surface area contributed by atoms with Gasteiger partial charge in [0.15, 0.2) is 0 Å². The summed E-state index contributed by atoms with van der Waals surface area (Å²) in [5.74, 6) is 0. The SMILES string of the molecule is Cc1cc(-c2cc(=O)n(C)cn2)cc(C)c1I. The number of nitrogens with zero attached hydrogens (tertiary/aromatic N) is 2. The maximum atomic E-state index is 11.6. The van der Waals surface area contributed by atoms with Gasteiger partial charge in [0.2, 0.25) is 0 Å². The van der Waals surface area contributed by atoms with Crippen molar-refractivity contribution in [3.8, 4) is 11.3 Å². The highest BCUT2D eigenvalue weighted by Crippen LogP contribution is 2.24. The Morgan fingerprint density at radius 1 is 1.18 bits per heavy atom. The zero-order valence-electron chi connectivity index (χ0n) is 9.99. The van der Waals surface area contributed by atoms with E-state index in [2.05, 4.69) is 53.6 Å². The maximum Gasteiger partial charge on any atom is 0.253 e. The number of hydrogen-bond donors (Lipinski definition) is 0. The Kier molecular flexibility index (Phi) is 3.33. The van der Waals surface area contributed by atoms with E-state index in [1.54, 1.807) is 19.4 Å². The average molecular weight is 340 g/mol. The Balaban J connectivity index is 2.61. The molecule has 0 saturated heterocycles. The minimum Gasteiger partial charge on any atom is -0.302 e. The molecule has 0 unspecified atom stereocenters. The van der Waals surface area contributed by atoms with Gasteiger partial charge in [-0.2, -0.15) is 0 Å². The van der Waals surface area contributed by atoms with Crippen molar-refractivity contribution >= 4 is 22.6 Å². The van der Waals surface area contributed by atoms with Crippen LogP contribution in [0, 0.1) is 17.4 Å². The first kappa shape index (κ1) is 12.3. The number of aryl methyl sites for hydroxylation is 3. The summed E-state index contributed by atoms with van der Waals surface area (Å²) in [6.07, 6.45) is 1.56. The molecule has 0 radical (unpaired) electrons. The fraction of sp³-hybridized carbons (Fsp3) is 0.231. The third-order valence-corrected chi connectivity index (χ3v) is 4.41. The predicted molar refractivity (Wildman–Crippen MR) is 77.1 cm³/mol. The van der Waals surface area contributed by atoms with Crippen molar-refractivity contribution in [2.24, 2.45) is 7.05 Å². The minimum atomic E-state index is -0.0381. The van der Waals surface area contributed by atoms with Crippen LogP contribution in [0.4, 0.5) is 0 Å². The van der Waals surface area contributed by atoms with Crippen LogP contribution in [0.5, 0.6) is 0 Å². The molecule has 0 bridgehead atoms. The van der Waals surface area contributed by atoms with Crippen molar-refractivity contribution < 1.29 is 0 Å². The van der Waals surface area contributed by atoms with Crippen molar-refractivity contribution in [1.82, 2.24) is 9.55 Å². The van der Waals surface area contributed by atoms with Gasteiger partial charge in [0, 0.05) is 22.2 Å². The molecule has 0 atom stereocenters. The number of rotatable bonds is 1. The molecule has 0 fully saturated rings. The van der Waals surface area contributed by atoms with Crippen molar-refractivity contribution in [3.05, 3.63) is 49.6 Å². The van der Waals surface area contributed by atoms with Crippen LogP contribution in [0.2, 0.25) is 0 Å². The Bertz CT molecular complexity index is 609. The first-order valence-corrected chi connectivity index (χ1v) is 6.36. The van der Waals surface area contributed by atoms with Crippen LogP contribution in [0.1, 0.15) is 11.1 Å². The summed E-state index contributed by atoms with van der Waals surface area (Å²) < 4.78 is 2.73. The third-order valence-electron chi connectivity index (χ3n) is 2.71. The second-order valence-corrected chi connectivity index (χ2v) is 5.23. The molecule has 0 spiro atoms. The van der Waals surface area contributed by atoms with Gasteiger partial charge < -0.3 is 4.57 Å². The van der Waals surface area contributed by atoms with Gasteiger partial charge in [-0.05, 0) is 59.7 Å². The predicted octanol–water partition coefficient (Wildman–Crippen LogP) is 2.67. The monoisotopic (exact) mass is 340 g/mol. The lowest BCUT2D eigenvalue weighted by Gasteiger charge is -2.07. The molecule has 0 N–H and O–H groups in total. The standard InChI is InChI=1S/C13H13IN2O/c1-8-4-10(5-9(2)13(8)14)11-6-12(17)16(3)7-15-11/h4-7H,1-3H3. The maximum absolute atomic E-state index is 11.6. The molecule has 4 heteroatoms. The van der Waals surface area contributed by atoms with Crippen LogP contribution < -0.4 is 5.56 Å². The van der Waals surface area contributed by atoms with Gasteiger partial charge in [-0.15, -0.1) is 0 Å². The molecular formula is C13H13IN2O. The van der Waals surface area contributed by atoms with Crippen LogP contribution in [-0.4, -0.2) is 9.55 Å². The molecule has 0 amide bonds. The summed E-state index contributed by atoms with van der Waals surface area (Å²) in [6.45, 7) is 4.14. The molecule has 0 aliphatic heterocycles. The fourth-order valence-corrected chi connectivity index (χ4v) is 2.02. The molecular weight excluding hydrogens is 327 g/mol. The molecule has 2 rings (SSSR count). The van der Waals surface area contributed by atoms with Gasteiger partial charge in [-0.1, -0.05) is 0 Å². The smallest absolute Gasteiger partial charge is 0.253 e. The van der Waals surface area contributed by atoms with E-state index in [9.17, 15) is 4.79 Å². The van der Waals surface area contributed by atoms with Crippen LogP contribution >= 0.6 is 22.6 Å². The van der Waals surface area contributed by atoms with Gasteiger partial charge >= 0.3 is 0 Å². The second kappa shape index (κ2) is 4.60. The molecule has 17 heavy (non-hydrogen) atoms. The summed E-state index contributed by atoms with van der Waals surface area (Å²) in [6, 6.07) is 5.70. The van der Waals surface area contributed by atoms with E-state index < -0.39 is 0 Å². The number of hydrogen-bond acceptors (Lipinski definition) is 2. The van der Waals surface area contributed by atoms with Crippen molar-refractivity contribution in [2.75, 3.05) is 0 Å². The van der Waals surface area contributed by atoms with E-state index in [1.807, 2.05) is 0 Å². The summed E-state index contributed by atoms with van der Waals surface area (Å²) in [4.78, 5) is 15.9. The van der Waals surface area contributed by atoms with Crippen molar-refractivity contribution in [3.63, 3.8) is 0 Å². The summed E-state index contributed by atoms with van der Waals surface area (Å²) in [5.41, 5.74) is 4.11. The van der Waals surface area contributed by atoms with E-state index >= 15 is 0 Å². The second-order valence-electron chi connectivity index (χ2n) is 4.15. The van der Waals surface area contributed by atoms with Crippen LogP contribution in [0.25, 0.3) is 11.3 Å². The van der Waals surface area contributed by atoms with Gasteiger partial charge in [0.1, 0.15) is 0 Å². The largest absolute Gasteiger partial charge is 0.302 e. The highest BCUT2D eigenvalue weighted by Gasteiger charge is 2.06. The van der Waals surface area contributed by atoms with E-state index in [0.29, 0.717) is 0 Å². The molecule has 0 saturated carbocycles. The van der Waals surface area contributed by atoms with Crippen LogP contribution in [0.3, 0.4) is 0 Å². The minimum absolute atomic E-state index is 0.0381. The summed E-state index contributed by atoms with van der Waals surface area (Å²) in [7, 11) is 1.70. The molecule has 1 heterocycles. The summed E-state index contributed by atoms with van der Waals surface area (Å²) >= 11 is 2.33. The molecule has 2 aromatic rings. The average Bonchev–Trinajstić information content (AvgIpc) is 2.29. The van der Waals surface area contributed by atoms with Crippen LogP contribution in [0.15, 0.2) is 29.3 Å². The first-order chi connectivity index (χ1) is 7.99. The van der Waals surface area contributed by atoms with Gasteiger partial charge in [0.05, 0.1) is 12.0 Å². The lowest BCUT2D eigenvalue weighted by Crippen LogP contribution is -2.15. The molecule has 88 valence electrons. The zero-order valence-corrected chi connectivity index (χ0v) is 12.1. The molecule has 0 aliphatic rings. The van der Waals surface area contributed by atoms with E-state index in [0.717, 1.165) is 11.3 Å². The van der Waals surface area contributed by atoms with Gasteiger partial charge in [-0.3, -0.25) is 4.79 Å². The topological polar surface area (TPSA) is 34.9 Å². The van der Waals surface area contributed by atoms with Gasteiger partial charge in [-0.25, -0.2) is 4.98 Å². The third kappa shape index (κ3) is 2.41. The van der Waals surface area contributed by atoms with Crippen molar-refractivity contribution in [2.45, 2.75) is 13.8 Å². The highest BCUT2D eigenvalue weighted by molar-refractivity contribution is 14.1. The quantitative estimate of drug-likeness (QED) is 0.748. The number of benzene rings is 1. The molecule has 0 aliphatic carbocycles. The number of halogens is 1. The molecule has 1 aromatic carbocycles. The lowest BCUT2D eigenvalue weighted by atomic mass is 10.1. The summed E-state index contributed by atoms with van der Waals surface area (Å²) in [5, 5.41) is 0. The Morgan fingerprint density at radius 2 is 1.76 bits per heavy atom. The Labute approximate surface area is 114 Å². The highest BCUT2D eigenvalue weighted by atomic mass is 127. The Hall–Kier alpha value is -1.17. The molecule has 1 aromatic heterocycles. The normalized spacial score (nSPS) is 10.6. The molecule has 3 nitrogen and oxygen atoms in total. The zero-order chi connectivity index (χ0) is 12.6. The van der Waals surface area contributed by atoms with Crippen LogP contribution in [-0.2, 0) is 7.05 Å². The Morgan fingerprint density at radius 3 is 2.29 bits per heavy atom. The fourth-order valence-electron chi connectivity index (χ4n) is 1.71. The van der Waals surface area contributed by atoms with E-state index in [1.165, 1.54) is 19.3 Å². The van der Waals surface area contributed by atoms with E-state index in [4.69, 9.17) is 0 Å². The van der Waals surface area contributed by atoms with E-state index in [-0.39, 0.29) is 5.56 Å². The van der Waals surface area contributed by atoms with Crippen molar-refractivity contribution in [1.29, 1.82) is 0 Å². The van der Waals surface area contributed by atoms with Gasteiger partial charge in [0.25, 0.3) is 5.56 Å². The lowest BCUT2D eigenvalue weighted by molar-refractivity contribution is 0.826. The number of aromatic nitrogens is 2. The first-order valence-electron chi connectivity index (χ1n) is 5.29.